The van der Waals surface area contributed by atoms with E-state index in [0.29, 0.717) is 10.6 Å². The molecule has 0 N–H and O–H groups in total. The van der Waals surface area contributed by atoms with Gasteiger partial charge in [0, 0.05) is 34.7 Å². The summed E-state index contributed by atoms with van der Waals surface area (Å²) in [5.41, 5.74) is 6.33. The normalized spacial score (nSPS) is 13.3. The van der Waals surface area contributed by atoms with Gasteiger partial charge in [0.05, 0.1) is 0 Å². The average Bonchev–Trinajstić information content (AvgIpc) is 3.37. The molecular weight excluding hydrogens is 570 g/mol. The fourth-order valence-electron chi connectivity index (χ4n) is 6.02. The number of aryl methyl sites for hydroxylation is 1. The molecule has 0 saturated heterocycles. The lowest BCUT2D eigenvalue weighted by Gasteiger charge is -2.36. The Morgan fingerprint density at radius 2 is 1.27 bits per heavy atom. The second-order valence-electron chi connectivity index (χ2n) is 11.0. The number of carbonyl (C=O) groups excluding carboxylic acids is 2. The number of halogens is 1. The Balaban J connectivity index is 1.25. The van der Waals surface area contributed by atoms with Gasteiger partial charge >= 0.3 is 12.1 Å². The molecule has 220 valence electrons. The van der Waals surface area contributed by atoms with Crippen LogP contribution in [0.15, 0.2) is 127 Å². The lowest BCUT2D eigenvalue weighted by Crippen LogP contribution is -2.40. The van der Waals surface area contributed by atoms with E-state index >= 15 is 0 Å². The topological polar surface area (TPSA) is 55.8 Å². The van der Waals surface area contributed by atoms with Gasteiger partial charge < -0.3 is 14.4 Å². The molecule has 0 spiro atoms. The summed E-state index contributed by atoms with van der Waals surface area (Å²) in [5, 5.41) is 0.453. The molecule has 44 heavy (non-hydrogen) atoms. The van der Waals surface area contributed by atoms with Crippen molar-refractivity contribution in [3.63, 3.8) is 0 Å². The largest absolute Gasteiger partial charge is 0.448 e. The summed E-state index contributed by atoms with van der Waals surface area (Å²) in [7, 11) is 1.53. The van der Waals surface area contributed by atoms with Crippen molar-refractivity contribution in [1.29, 1.82) is 0 Å². The van der Waals surface area contributed by atoms with Gasteiger partial charge in [0.2, 0.25) is 0 Å². The second kappa shape index (κ2) is 12.4. The Kier molecular flexibility index (Phi) is 8.23. The highest BCUT2D eigenvalue weighted by molar-refractivity contribution is 6.31. The minimum absolute atomic E-state index is 0.0841. The zero-order valence-electron chi connectivity index (χ0n) is 24.6. The number of hydrogen-bond donors (Lipinski definition) is 0. The molecule has 0 radical (unpaired) electrons. The Labute approximate surface area is 262 Å². The first-order valence-corrected chi connectivity index (χ1v) is 14.9. The number of likely N-dealkylation sites (N-methyl/N-ethyl adjacent to an activating group) is 1. The highest BCUT2D eigenvalue weighted by atomic mass is 35.5. The van der Waals surface area contributed by atoms with Crippen molar-refractivity contribution in [1.82, 2.24) is 4.90 Å². The van der Waals surface area contributed by atoms with E-state index in [4.69, 9.17) is 21.1 Å². The van der Waals surface area contributed by atoms with Crippen molar-refractivity contribution in [2.75, 3.05) is 20.2 Å². The third-order valence-electron chi connectivity index (χ3n) is 8.17. The number of nitrogens with zero attached hydrogens (tertiary/aromatic N) is 1. The maximum absolute atomic E-state index is 13.7. The molecule has 0 aliphatic heterocycles. The van der Waals surface area contributed by atoms with Crippen LogP contribution < -0.4 is 0 Å². The quantitative estimate of drug-likeness (QED) is 0.132. The van der Waals surface area contributed by atoms with Crippen LogP contribution in [0.5, 0.6) is 0 Å². The highest BCUT2D eigenvalue weighted by Crippen LogP contribution is 2.45. The number of rotatable bonds is 8. The van der Waals surface area contributed by atoms with Crippen molar-refractivity contribution in [3.05, 3.63) is 166 Å². The summed E-state index contributed by atoms with van der Waals surface area (Å²) in [5.74, 6) is -0.690. The van der Waals surface area contributed by atoms with Gasteiger partial charge in [0.15, 0.2) is 5.60 Å². The molecule has 1 unspecified atom stereocenters. The zero-order chi connectivity index (χ0) is 30.7. The first kappa shape index (κ1) is 29.2. The Morgan fingerprint density at radius 3 is 1.91 bits per heavy atom. The number of hydrogen-bond acceptors (Lipinski definition) is 4. The second-order valence-corrected chi connectivity index (χ2v) is 11.4. The summed E-state index contributed by atoms with van der Waals surface area (Å²) in [6.45, 7) is 1.84. The maximum atomic E-state index is 13.7. The lowest BCUT2D eigenvalue weighted by atomic mass is 9.79. The number of benzene rings is 5. The molecule has 0 aromatic heterocycles. The van der Waals surface area contributed by atoms with E-state index in [1.165, 1.54) is 11.9 Å². The zero-order valence-corrected chi connectivity index (χ0v) is 25.3. The van der Waals surface area contributed by atoms with Gasteiger partial charge in [0.25, 0.3) is 0 Å². The smallest absolute Gasteiger partial charge is 0.410 e. The van der Waals surface area contributed by atoms with Crippen LogP contribution >= 0.6 is 11.6 Å². The van der Waals surface area contributed by atoms with Crippen molar-refractivity contribution in [2.45, 2.75) is 18.4 Å². The van der Waals surface area contributed by atoms with Crippen LogP contribution in [-0.2, 0) is 19.9 Å². The fourth-order valence-corrected chi connectivity index (χ4v) is 6.29. The Hall–Kier alpha value is -4.87. The van der Waals surface area contributed by atoms with Crippen LogP contribution in [-0.4, -0.2) is 37.2 Å². The molecule has 0 saturated carbocycles. The van der Waals surface area contributed by atoms with Crippen LogP contribution in [0.1, 0.15) is 39.3 Å². The van der Waals surface area contributed by atoms with E-state index in [2.05, 4.69) is 24.3 Å². The van der Waals surface area contributed by atoms with Gasteiger partial charge in [-0.15, -0.1) is 0 Å². The van der Waals surface area contributed by atoms with Gasteiger partial charge in [-0.25, -0.2) is 4.79 Å². The van der Waals surface area contributed by atoms with Gasteiger partial charge in [0.1, 0.15) is 13.2 Å². The third kappa shape index (κ3) is 5.47. The van der Waals surface area contributed by atoms with Crippen molar-refractivity contribution in [3.8, 4) is 11.1 Å². The highest BCUT2D eigenvalue weighted by Gasteiger charge is 2.42. The van der Waals surface area contributed by atoms with E-state index in [-0.39, 0.29) is 19.1 Å². The lowest BCUT2D eigenvalue weighted by molar-refractivity contribution is -0.154. The van der Waals surface area contributed by atoms with Gasteiger partial charge in [-0.1, -0.05) is 138 Å². The Morgan fingerprint density at radius 1 is 0.727 bits per heavy atom. The monoisotopic (exact) mass is 601 g/mol. The maximum Gasteiger partial charge on any atom is 0.410 e. The molecule has 0 fully saturated rings. The molecule has 5 aromatic rings. The number of esters is 1. The van der Waals surface area contributed by atoms with Crippen molar-refractivity contribution in [2.24, 2.45) is 0 Å². The molecule has 0 heterocycles. The van der Waals surface area contributed by atoms with E-state index in [1.807, 2.05) is 104 Å². The molecule has 1 amide bonds. The van der Waals surface area contributed by atoms with Crippen molar-refractivity contribution < 1.29 is 19.1 Å². The minimum atomic E-state index is -1.35. The van der Waals surface area contributed by atoms with Crippen LogP contribution in [0.2, 0.25) is 5.02 Å². The molecule has 5 aromatic carbocycles. The molecule has 0 bridgehead atoms. The summed E-state index contributed by atoms with van der Waals surface area (Å²) < 4.78 is 12.2. The number of carbonyl (C=O) groups is 2. The van der Waals surface area contributed by atoms with Crippen LogP contribution in [0, 0.1) is 6.92 Å². The summed E-state index contributed by atoms with van der Waals surface area (Å²) in [6, 6.07) is 41.0. The molecular formula is C38H32ClNO4. The molecule has 1 aliphatic carbocycles. The number of amides is 1. The van der Waals surface area contributed by atoms with Gasteiger partial charge in [-0.3, -0.25) is 4.79 Å². The van der Waals surface area contributed by atoms with E-state index in [1.54, 1.807) is 6.07 Å². The van der Waals surface area contributed by atoms with E-state index < -0.39 is 17.7 Å². The predicted octanol–water partition coefficient (Wildman–Crippen LogP) is 8.36. The van der Waals surface area contributed by atoms with Crippen molar-refractivity contribution >= 4 is 23.7 Å². The van der Waals surface area contributed by atoms with Crippen LogP contribution in [0.25, 0.3) is 11.1 Å². The summed E-state index contributed by atoms with van der Waals surface area (Å²) in [6.07, 6.45) is -0.609. The summed E-state index contributed by atoms with van der Waals surface area (Å²) in [4.78, 5) is 28.2. The number of fused-ring (bicyclic) bond motifs is 3. The van der Waals surface area contributed by atoms with Crippen LogP contribution in [0.4, 0.5) is 4.79 Å². The van der Waals surface area contributed by atoms with Gasteiger partial charge in [-0.2, -0.15) is 0 Å². The minimum Gasteiger partial charge on any atom is -0.448 e. The standard InChI is InChI=1S/C38H32ClNO4/c1-26-20-22-28(23-21-26)38(27-12-4-3-5-13-27,34-18-10-11-19-35(34)39)44-36(41)24-40(2)37(42)43-25-33-31-16-8-6-14-29(31)30-15-7-9-17-32(30)33/h3-23,33H,24-25H2,1-2H3. The van der Waals surface area contributed by atoms with Crippen LogP contribution in [0.3, 0.4) is 0 Å². The number of ether oxygens (including phenoxy) is 2. The first-order valence-electron chi connectivity index (χ1n) is 14.5. The molecule has 6 heteroatoms. The Bertz CT molecular complexity index is 1760. The molecule has 5 nitrogen and oxygen atoms in total. The van der Waals surface area contributed by atoms with E-state index in [0.717, 1.165) is 38.9 Å². The SMILES string of the molecule is Cc1ccc(C(OC(=O)CN(C)C(=O)OCC2c3ccccc3-c3ccccc32)(c2ccccc2)c2ccccc2Cl)cc1. The molecule has 1 atom stereocenters. The average molecular weight is 602 g/mol. The predicted molar refractivity (Wildman–Crippen MR) is 173 cm³/mol. The third-order valence-corrected chi connectivity index (χ3v) is 8.50. The van der Waals surface area contributed by atoms with E-state index in [9.17, 15) is 9.59 Å². The molecule has 1 aliphatic rings. The molecule has 6 rings (SSSR count). The fraction of sp³-hybridized carbons (Fsp3) is 0.158. The first-order chi connectivity index (χ1) is 21.4. The van der Waals surface area contributed by atoms with Gasteiger partial charge in [-0.05, 0) is 35.2 Å². The summed E-state index contributed by atoms with van der Waals surface area (Å²) >= 11 is 6.78.